The van der Waals surface area contributed by atoms with E-state index >= 15 is 0 Å². The molecule has 5 heteroatoms. The highest BCUT2D eigenvalue weighted by molar-refractivity contribution is 6.30. The van der Waals surface area contributed by atoms with Gasteiger partial charge in [0.1, 0.15) is 17.6 Å². The minimum absolute atomic E-state index is 0.269. The van der Waals surface area contributed by atoms with E-state index in [0.717, 1.165) is 5.56 Å². The molecule has 0 spiro atoms. The number of aryl methyl sites for hydroxylation is 1. The van der Waals surface area contributed by atoms with E-state index in [9.17, 15) is 4.39 Å². The molecular formula is C13H9ClFN3. The zero-order chi connectivity index (χ0) is 13.3. The zero-order valence-corrected chi connectivity index (χ0v) is 10.6. The van der Waals surface area contributed by atoms with Crippen LogP contribution in [0.3, 0.4) is 0 Å². The lowest BCUT2D eigenvalue weighted by molar-refractivity contribution is 0.628. The molecule has 0 bridgehead atoms. The molecule has 0 fully saturated rings. The maximum Gasteiger partial charge on any atom is 0.161 e. The van der Waals surface area contributed by atoms with Crippen molar-refractivity contribution in [1.29, 1.82) is 5.26 Å². The molecule has 1 aromatic heterocycles. The summed E-state index contributed by atoms with van der Waals surface area (Å²) in [6, 6.07) is 6.06. The molecular weight excluding hydrogens is 253 g/mol. The summed E-state index contributed by atoms with van der Waals surface area (Å²) in [5.41, 5.74) is 2.16. The van der Waals surface area contributed by atoms with Gasteiger partial charge in [-0.05, 0) is 32.0 Å². The minimum Gasteiger partial charge on any atom is -0.233 e. The van der Waals surface area contributed by atoms with Gasteiger partial charge >= 0.3 is 0 Å². The Kier molecular flexibility index (Phi) is 3.26. The van der Waals surface area contributed by atoms with Crippen LogP contribution in [0.5, 0.6) is 0 Å². The highest BCUT2D eigenvalue weighted by Gasteiger charge is 2.10. The summed E-state index contributed by atoms with van der Waals surface area (Å²) in [6.45, 7) is 3.55. The van der Waals surface area contributed by atoms with E-state index in [1.54, 1.807) is 19.9 Å². The van der Waals surface area contributed by atoms with Crippen molar-refractivity contribution in [3.63, 3.8) is 0 Å². The predicted octanol–water partition coefficient (Wildman–Crippen LogP) is 3.42. The number of nitriles is 1. The van der Waals surface area contributed by atoms with Gasteiger partial charge in [0.25, 0.3) is 0 Å². The molecule has 0 aliphatic carbocycles. The Labute approximate surface area is 109 Å². The molecule has 0 amide bonds. The molecule has 0 aliphatic rings. The zero-order valence-electron chi connectivity index (χ0n) is 9.83. The molecule has 90 valence electrons. The molecule has 0 atom stereocenters. The van der Waals surface area contributed by atoms with Crippen molar-refractivity contribution in [2.75, 3.05) is 0 Å². The lowest BCUT2D eigenvalue weighted by Crippen LogP contribution is -2.00. The van der Waals surface area contributed by atoms with E-state index in [0.29, 0.717) is 17.1 Å². The van der Waals surface area contributed by atoms with Crippen LogP contribution in [0.1, 0.15) is 17.0 Å². The van der Waals surface area contributed by atoms with Crippen molar-refractivity contribution in [2.45, 2.75) is 13.8 Å². The van der Waals surface area contributed by atoms with Gasteiger partial charge in [-0.25, -0.2) is 14.4 Å². The van der Waals surface area contributed by atoms with Gasteiger partial charge in [0.2, 0.25) is 0 Å². The highest BCUT2D eigenvalue weighted by atomic mass is 35.5. The molecule has 0 N–H and O–H groups in total. The van der Waals surface area contributed by atoms with Crippen molar-refractivity contribution in [3.05, 3.63) is 46.0 Å². The van der Waals surface area contributed by atoms with Crippen molar-refractivity contribution in [1.82, 2.24) is 9.97 Å². The highest BCUT2D eigenvalue weighted by Crippen LogP contribution is 2.23. The van der Waals surface area contributed by atoms with Crippen LogP contribution in [-0.4, -0.2) is 9.97 Å². The van der Waals surface area contributed by atoms with Gasteiger partial charge in [-0.2, -0.15) is 5.26 Å². The van der Waals surface area contributed by atoms with Gasteiger partial charge in [0.05, 0.1) is 0 Å². The summed E-state index contributed by atoms with van der Waals surface area (Å²) in [7, 11) is 0. The molecule has 0 unspecified atom stereocenters. The molecule has 2 aromatic rings. The molecule has 0 aliphatic heterocycles. The topological polar surface area (TPSA) is 49.6 Å². The van der Waals surface area contributed by atoms with E-state index in [2.05, 4.69) is 9.97 Å². The average molecular weight is 262 g/mol. The van der Waals surface area contributed by atoms with Crippen molar-refractivity contribution in [3.8, 4) is 17.5 Å². The summed E-state index contributed by atoms with van der Waals surface area (Å²) in [4.78, 5) is 8.35. The molecule has 3 nitrogen and oxygen atoms in total. The maximum absolute atomic E-state index is 13.3. The molecule has 0 radical (unpaired) electrons. The molecule has 1 aromatic carbocycles. The smallest absolute Gasteiger partial charge is 0.161 e. The second kappa shape index (κ2) is 4.71. The first-order chi connectivity index (χ1) is 8.51. The summed E-state index contributed by atoms with van der Waals surface area (Å²) in [6.07, 6.45) is 0. The van der Waals surface area contributed by atoms with Gasteiger partial charge in [0.15, 0.2) is 5.82 Å². The van der Waals surface area contributed by atoms with Crippen LogP contribution in [0, 0.1) is 31.0 Å². The molecule has 0 saturated heterocycles. The quantitative estimate of drug-likeness (QED) is 0.790. The van der Waals surface area contributed by atoms with Crippen molar-refractivity contribution < 1.29 is 4.39 Å². The largest absolute Gasteiger partial charge is 0.233 e. The Morgan fingerprint density at radius 2 is 1.94 bits per heavy atom. The SMILES string of the molecule is Cc1nc(-c2cc(F)cc(Cl)c2)nc(C#N)c1C. The van der Waals surface area contributed by atoms with E-state index in [-0.39, 0.29) is 10.7 Å². The second-order valence-electron chi connectivity index (χ2n) is 3.88. The van der Waals surface area contributed by atoms with Crippen LogP contribution in [0.15, 0.2) is 18.2 Å². The van der Waals surface area contributed by atoms with Gasteiger partial charge in [-0.15, -0.1) is 0 Å². The van der Waals surface area contributed by atoms with Crippen LogP contribution in [-0.2, 0) is 0 Å². The molecule has 2 rings (SSSR count). The Hall–Kier alpha value is -1.99. The first-order valence-electron chi connectivity index (χ1n) is 5.23. The third-order valence-electron chi connectivity index (χ3n) is 2.62. The van der Waals surface area contributed by atoms with Gasteiger partial charge < -0.3 is 0 Å². The first kappa shape index (κ1) is 12.5. The number of benzene rings is 1. The van der Waals surface area contributed by atoms with E-state index in [1.165, 1.54) is 12.1 Å². The summed E-state index contributed by atoms with van der Waals surface area (Å²) in [5, 5.41) is 9.25. The lowest BCUT2D eigenvalue weighted by atomic mass is 10.1. The molecule has 18 heavy (non-hydrogen) atoms. The van der Waals surface area contributed by atoms with Crippen LogP contribution < -0.4 is 0 Å². The molecule has 1 heterocycles. The fraction of sp³-hybridized carbons (Fsp3) is 0.154. The van der Waals surface area contributed by atoms with Gasteiger partial charge in [0, 0.05) is 21.8 Å². The molecule has 0 saturated carbocycles. The number of hydrogen-bond donors (Lipinski definition) is 0. The number of hydrogen-bond acceptors (Lipinski definition) is 3. The lowest BCUT2D eigenvalue weighted by Gasteiger charge is -2.06. The third-order valence-corrected chi connectivity index (χ3v) is 2.83. The first-order valence-corrected chi connectivity index (χ1v) is 5.61. The summed E-state index contributed by atoms with van der Waals surface area (Å²) in [5.74, 6) is -0.158. The van der Waals surface area contributed by atoms with Crippen LogP contribution in [0.25, 0.3) is 11.4 Å². The Bertz CT molecular complexity index is 642. The second-order valence-corrected chi connectivity index (χ2v) is 4.31. The van der Waals surface area contributed by atoms with Crippen molar-refractivity contribution >= 4 is 11.6 Å². The van der Waals surface area contributed by atoms with E-state index in [1.807, 2.05) is 6.07 Å². The van der Waals surface area contributed by atoms with Crippen LogP contribution in [0.2, 0.25) is 5.02 Å². The fourth-order valence-corrected chi connectivity index (χ4v) is 1.77. The van der Waals surface area contributed by atoms with E-state index < -0.39 is 5.82 Å². The Balaban J connectivity index is 2.65. The van der Waals surface area contributed by atoms with Crippen LogP contribution in [0.4, 0.5) is 4.39 Å². The number of rotatable bonds is 1. The third kappa shape index (κ3) is 2.31. The Morgan fingerprint density at radius 3 is 2.56 bits per heavy atom. The number of halogens is 2. The number of nitrogens with zero attached hydrogens (tertiary/aromatic N) is 3. The fourth-order valence-electron chi connectivity index (χ4n) is 1.55. The Morgan fingerprint density at radius 1 is 1.22 bits per heavy atom. The summed E-state index contributed by atoms with van der Waals surface area (Å²) >= 11 is 5.78. The van der Waals surface area contributed by atoms with Crippen LogP contribution >= 0.6 is 11.6 Å². The summed E-state index contributed by atoms with van der Waals surface area (Å²) < 4.78 is 13.3. The van der Waals surface area contributed by atoms with Gasteiger partial charge in [-0.3, -0.25) is 0 Å². The normalized spacial score (nSPS) is 10.2. The monoisotopic (exact) mass is 261 g/mol. The average Bonchev–Trinajstić information content (AvgIpc) is 2.31. The predicted molar refractivity (Wildman–Crippen MR) is 66.6 cm³/mol. The van der Waals surface area contributed by atoms with Gasteiger partial charge in [-0.1, -0.05) is 11.6 Å². The van der Waals surface area contributed by atoms with E-state index in [4.69, 9.17) is 16.9 Å². The maximum atomic E-state index is 13.3. The van der Waals surface area contributed by atoms with Crippen molar-refractivity contribution in [2.24, 2.45) is 0 Å². The minimum atomic E-state index is -0.460. The standard InChI is InChI=1S/C13H9ClFN3/c1-7-8(2)17-13(18-12(7)6-16)9-3-10(14)5-11(15)4-9/h3-5H,1-2H3. The number of aromatic nitrogens is 2.